The van der Waals surface area contributed by atoms with Gasteiger partial charge in [-0.1, -0.05) is 57.9 Å². The Kier molecular flexibility index (Phi) is 13.9. The quantitative estimate of drug-likeness (QED) is 0.245. The van der Waals surface area contributed by atoms with Crippen molar-refractivity contribution < 1.29 is 14.3 Å². The van der Waals surface area contributed by atoms with Gasteiger partial charge in [0.25, 0.3) is 0 Å². The third-order valence-corrected chi connectivity index (χ3v) is 4.59. The Bertz CT molecular complexity index is 338. The molecule has 1 N–H and O–H groups in total. The van der Waals surface area contributed by atoms with Crippen LogP contribution in [0.2, 0.25) is 0 Å². The molecule has 4 heteroatoms. The normalized spacial score (nSPS) is 11.5. The van der Waals surface area contributed by atoms with Crippen molar-refractivity contribution in [1.82, 2.24) is 5.32 Å². The maximum Gasteiger partial charge on any atom is 0.246 e. The van der Waals surface area contributed by atoms with E-state index in [1.54, 1.807) is 21.1 Å². The summed E-state index contributed by atoms with van der Waals surface area (Å²) in [6, 6.07) is 0. The molecule has 1 amide bonds. The number of carbonyl (C=O) groups excluding carboxylic acids is 1. The number of rotatable bonds is 16. The Morgan fingerprint density at radius 2 is 1.29 bits per heavy atom. The first-order valence-corrected chi connectivity index (χ1v) is 9.49. The van der Waals surface area contributed by atoms with E-state index in [1.807, 2.05) is 6.92 Å². The van der Waals surface area contributed by atoms with Crippen LogP contribution in [-0.4, -0.2) is 32.5 Å². The van der Waals surface area contributed by atoms with Gasteiger partial charge in [-0.05, 0) is 26.7 Å². The second-order valence-electron chi connectivity index (χ2n) is 6.86. The van der Waals surface area contributed by atoms with E-state index in [1.165, 1.54) is 51.4 Å². The van der Waals surface area contributed by atoms with E-state index in [9.17, 15) is 4.79 Å². The molecule has 0 spiro atoms. The third-order valence-electron chi connectivity index (χ3n) is 4.59. The minimum absolute atomic E-state index is 0.0219. The summed E-state index contributed by atoms with van der Waals surface area (Å²) >= 11 is 0. The van der Waals surface area contributed by atoms with Gasteiger partial charge in [-0.15, -0.1) is 0 Å². The van der Waals surface area contributed by atoms with Crippen LogP contribution in [0.5, 0.6) is 0 Å². The number of hydrogen-bond acceptors (Lipinski definition) is 3. The lowest BCUT2D eigenvalue weighted by molar-refractivity contribution is -0.197. The van der Waals surface area contributed by atoms with Crippen LogP contribution < -0.4 is 5.32 Å². The molecule has 0 saturated heterocycles. The Morgan fingerprint density at radius 1 is 0.875 bits per heavy atom. The fourth-order valence-electron chi connectivity index (χ4n) is 2.63. The van der Waals surface area contributed by atoms with E-state index >= 15 is 0 Å². The van der Waals surface area contributed by atoms with Crippen LogP contribution in [0, 0.1) is 0 Å². The molecule has 0 aliphatic rings. The number of methoxy groups -OCH3 is 2. The number of hydrogen-bond donors (Lipinski definition) is 1. The largest absolute Gasteiger partial charge is 0.353 e. The highest BCUT2D eigenvalue weighted by atomic mass is 16.7. The molecule has 0 aromatic carbocycles. The van der Waals surface area contributed by atoms with Crippen molar-refractivity contribution in [2.45, 2.75) is 90.3 Å². The first-order valence-electron chi connectivity index (χ1n) is 9.49. The van der Waals surface area contributed by atoms with Crippen molar-refractivity contribution in [3.05, 3.63) is 12.2 Å². The SMILES string of the molecule is C=C(C)C(=O)NCCCCCCCCCCCCC(C)(OC)OC. The summed E-state index contributed by atoms with van der Waals surface area (Å²) in [5.74, 6) is -0.435. The highest BCUT2D eigenvalue weighted by Crippen LogP contribution is 2.20. The molecule has 0 fully saturated rings. The van der Waals surface area contributed by atoms with Crippen LogP contribution in [0.15, 0.2) is 12.2 Å². The molecule has 0 heterocycles. The molecular weight excluding hydrogens is 302 g/mol. The summed E-state index contributed by atoms with van der Waals surface area (Å²) in [6.45, 7) is 8.13. The smallest absolute Gasteiger partial charge is 0.246 e. The van der Waals surface area contributed by atoms with Gasteiger partial charge in [-0.3, -0.25) is 4.79 Å². The summed E-state index contributed by atoms with van der Waals surface area (Å²) in [4.78, 5) is 11.3. The van der Waals surface area contributed by atoms with Crippen molar-refractivity contribution in [3.8, 4) is 0 Å². The van der Waals surface area contributed by atoms with E-state index in [0.717, 1.165) is 25.8 Å². The van der Waals surface area contributed by atoms with Crippen LogP contribution in [0.3, 0.4) is 0 Å². The summed E-state index contributed by atoms with van der Waals surface area (Å²) in [6.07, 6.45) is 13.5. The van der Waals surface area contributed by atoms with Crippen molar-refractivity contribution in [3.63, 3.8) is 0 Å². The lowest BCUT2D eigenvalue weighted by Crippen LogP contribution is -2.29. The maximum atomic E-state index is 11.3. The average molecular weight is 342 g/mol. The van der Waals surface area contributed by atoms with Gasteiger partial charge in [-0.2, -0.15) is 0 Å². The molecule has 0 aromatic heterocycles. The van der Waals surface area contributed by atoms with E-state index in [4.69, 9.17) is 9.47 Å². The topological polar surface area (TPSA) is 47.6 Å². The summed E-state index contributed by atoms with van der Waals surface area (Å²) in [5.41, 5.74) is 0.587. The van der Waals surface area contributed by atoms with Crippen LogP contribution in [0.25, 0.3) is 0 Å². The zero-order valence-corrected chi connectivity index (χ0v) is 16.4. The molecule has 4 nitrogen and oxygen atoms in total. The molecule has 0 atom stereocenters. The summed E-state index contributed by atoms with van der Waals surface area (Å²) in [7, 11) is 3.41. The van der Waals surface area contributed by atoms with E-state index < -0.39 is 5.79 Å². The summed E-state index contributed by atoms with van der Waals surface area (Å²) in [5, 5.41) is 2.88. The Hall–Kier alpha value is -0.870. The van der Waals surface area contributed by atoms with E-state index in [2.05, 4.69) is 11.9 Å². The third kappa shape index (κ3) is 12.5. The maximum absolute atomic E-state index is 11.3. The molecule has 0 aliphatic heterocycles. The first-order chi connectivity index (χ1) is 11.4. The highest BCUT2D eigenvalue weighted by Gasteiger charge is 2.21. The van der Waals surface area contributed by atoms with Gasteiger partial charge >= 0.3 is 0 Å². The van der Waals surface area contributed by atoms with Gasteiger partial charge < -0.3 is 14.8 Å². The number of amides is 1. The molecule has 0 aromatic rings. The van der Waals surface area contributed by atoms with Crippen molar-refractivity contribution in [2.75, 3.05) is 20.8 Å². The monoisotopic (exact) mass is 341 g/mol. The second kappa shape index (κ2) is 14.5. The highest BCUT2D eigenvalue weighted by molar-refractivity contribution is 5.91. The fraction of sp³-hybridized carbons (Fsp3) is 0.850. The van der Waals surface area contributed by atoms with Gasteiger partial charge in [0.05, 0.1) is 0 Å². The van der Waals surface area contributed by atoms with Crippen LogP contribution in [0.1, 0.15) is 84.5 Å². The van der Waals surface area contributed by atoms with Gasteiger partial charge in [0.2, 0.25) is 5.91 Å². The molecule has 0 aliphatic carbocycles. The molecule has 0 saturated carbocycles. The van der Waals surface area contributed by atoms with Crippen molar-refractivity contribution in [2.24, 2.45) is 0 Å². The van der Waals surface area contributed by atoms with Crippen molar-refractivity contribution >= 4 is 5.91 Å². The number of unbranched alkanes of at least 4 members (excludes halogenated alkanes) is 9. The zero-order valence-electron chi connectivity index (χ0n) is 16.4. The Balaban J connectivity index is 3.26. The second-order valence-corrected chi connectivity index (χ2v) is 6.86. The van der Waals surface area contributed by atoms with Gasteiger partial charge in [0.1, 0.15) is 0 Å². The average Bonchev–Trinajstić information content (AvgIpc) is 2.58. The number of carbonyl (C=O) groups is 1. The van der Waals surface area contributed by atoms with Crippen molar-refractivity contribution in [1.29, 1.82) is 0 Å². The predicted molar refractivity (Wildman–Crippen MR) is 101 cm³/mol. The zero-order chi connectivity index (χ0) is 18.3. The van der Waals surface area contributed by atoms with Crippen LogP contribution >= 0.6 is 0 Å². The first kappa shape index (κ1) is 23.1. The molecule has 142 valence electrons. The molecule has 0 radical (unpaired) electrons. The van der Waals surface area contributed by atoms with Gasteiger partial charge in [0.15, 0.2) is 5.79 Å². The van der Waals surface area contributed by atoms with Crippen LogP contribution in [0.4, 0.5) is 0 Å². The lowest BCUT2D eigenvalue weighted by atomic mass is 10.0. The molecular formula is C20H39NO3. The van der Waals surface area contributed by atoms with Gasteiger partial charge in [-0.25, -0.2) is 0 Å². The van der Waals surface area contributed by atoms with E-state index in [0.29, 0.717) is 5.57 Å². The molecule has 0 bridgehead atoms. The molecule has 0 unspecified atom stereocenters. The molecule has 24 heavy (non-hydrogen) atoms. The minimum atomic E-state index is -0.413. The minimum Gasteiger partial charge on any atom is -0.353 e. The lowest BCUT2D eigenvalue weighted by Gasteiger charge is -2.26. The summed E-state index contributed by atoms with van der Waals surface area (Å²) < 4.78 is 10.7. The number of ether oxygens (including phenoxy) is 2. The Labute approximate surface area is 149 Å². The standard InChI is InChI=1S/C20H39NO3/c1-18(2)19(22)21-17-15-13-11-9-7-6-8-10-12-14-16-20(3,23-4)24-5/h1,6-17H2,2-5H3,(H,21,22). The van der Waals surface area contributed by atoms with E-state index in [-0.39, 0.29) is 5.91 Å². The molecule has 0 rings (SSSR count). The Morgan fingerprint density at radius 3 is 1.71 bits per heavy atom. The van der Waals surface area contributed by atoms with Crippen LogP contribution in [-0.2, 0) is 14.3 Å². The number of nitrogens with one attached hydrogen (secondary N) is 1. The van der Waals surface area contributed by atoms with Gasteiger partial charge in [0, 0.05) is 32.8 Å². The predicted octanol–water partition coefficient (Wildman–Crippen LogP) is 4.98. The fourth-order valence-corrected chi connectivity index (χ4v) is 2.63.